The van der Waals surface area contributed by atoms with Crippen LogP contribution in [0.2, 0.25) is 0 Å². The number of hydrogen-bond acceptors (Lipinski definition) is 4. The van der Waals surface area contributed by atoms with Gasteiger partial charge in [0.1, 0.15) is 19.3 Å². The van der Waals surface area contributed by atoms with Gasteiger partial charge in [-0.15, -0.1) is 0 Å². The lowest BCUT2D eigenvalue weighted by molar-refractivity contribution is -0.389. The summed E-state index contributed by atoms with van der Waals surface area (Å²) in [4.78, 5) is 23.9. The highest BCUT2D eigenvalue weighted by Crippen LogP contribution is 2.13. The van der Waals surface area contributed by atoms with Gasteiger partial charge in [0.25, 0.3) is 5.82 Å². The summed E-state index contributed by atoms with van der Waals surface area (Å²) in [5.41, 5.74) is 0. The highest BCUT2D eigenvalue weighted by Gasteiger charge is 2.28. The van der Waals surface area contributed by atoms with Crippen LogP contribution in [0.25, 0.3) is 0 Å². The lowest BCUT2D eigenvalue weighted by atomic mass is 10.5. The second-order valence-corrected chi connectivity index (χ2v) is 3.43. The molecule has 7 nitrogen and oxygen atoms in total. The van der Waals surface area contributed by atoms with Gasteiger partial charge in [-0.1, -0.05) is 0 Å². The topological polar surface area (TPSA) is 90.1 Å². The zero-order valence-corrected chi connectivity index (χ0v) is 9.28. The maximum atomic E-state index is 12.5. The molecule has 0 saturated carbocycles. The van der Waals surface area contributed by atoms with Crippen LogP contribution in [0.5, 0.6) is 0 Å². The molecule has 0 bridgehead atoms. The van der Waals surface area contributed by atoms with Crippen molar-refractivity contribution >= 4 is 11.7 Å². The van der Waals surface area contributed by atoms with E-state index >= 15 is 0 Å². The van der Waals surface area contributed by atoms with E-state index in [4.69, 9.17) is 0 Å². The molecule has 0 aliphatic heterocycles. The van der Waals surface area contributed by atoms with Crippen molar-refractivity contribution in [2.45, 2.75) is 19.4 Å². The number of carbonyl (C=O) groups is 1. The number of rotatable bonds is 5. The molecule has 0 aliphatic carbocycles. The molecule has 19 heavy (non-hydrogen) atoms. The summed E-state index contributed by atoms with van der Waals surface area (Å²) in [5, 5.41) is 11.9. The smallest absolute Gasteiger partial charge is 0.358 e. The predicted molar refractivity (Wildman–Crippen MR) is 52.8 cm³/mol. The van der Waals surface area contributed by atoms with Crippen molar-refractivity contribution in [3.63, 3.8) is 0 Å². The van der Waals surface area contributed by atoms with E-state index < -0.39 is 48.4 Å². The first-order chi connectivity index (χ1) is 8.73. The quantitative estimate of drug-likeness (QED) is 0.495. The number of nitro groups is 1. The van der Waals surface area contributed by atoms with Crippen LogP contribution in [0.3, 0.4) is 0 Å². The van der Waals surface area contributed by atoms with E-state index in [1.807, 2.05) is 0 Å². The summed E-state index contributed by atoms with van der Waals surface area (Å²) in [6.07, 6.45) is -3.79. The Morgan fingerprint density at radius 3 is 2.63 bits per heavy atom. The average Bonchev–Trinajstić information content (AvgIpc) is 2.69. The van der Waals surface area contributed by atoms with E-state index in [1.54, 1.807) is 5.32 Å². The van der Waals surface area contributed by atoms with Gasteiger partial charge in [-0.05, 0) is 9.91 Å². The lowest BCUT2D eigenvalue weighted by Gasteiger charge is -2.08. The fraction of sp³-hybridized carbons (Fsp3) is 0.500. The standard InChI is InChI=1S/C8H8F4N4O3/c9-1-5-14-6(16(18)19)2-15(5)3-7(17)13-4-8(10,11)12/h2H,1,3-4H2,(H,13,17). The third-order valence-corrected chi connectivity index (χ3v) is 1.95. The second-order valence-electron chi connectivity index (χ2n) is 3.43. The third kappa shape index (κ3) is 4.52. The maximum Gasteiger partial charge on any atom is 0.405 e. The van der Waals surface area contributed by atoms with E-state index in [0.29, 0.717) is 0 Å². The summed E-state index contributed by atoms with van der Waals surface area (Å²) in [5.74, 6) is -2.15. The minimum Gasteiger partial charge on any atom is -0.358 e. The molecular formula is C8H8F4N4O3. The first kappa shape index (κ1) is 14.9. The Hall–Kier alpha value is -2.20. The number of carbonyl (C=O) groups excluding carboxylic acids is 1. The number of nitrogens with one attached hydrogen (secondary N) is 1. The molecule has 1 aromatic rings. The highest BCUT2D eigenvalue weighted by molar-refractivity contribution is 5.75. The van der Waals surface area contributed by atoms with Crippen LogP contribution in [0.1, 0.15) is 5.82 Å². The second kappa shape index (κ2) is 5.63. The van der Waals surface area contributed by atoms with Gasteiger partial charge >= 0.3 is 12.0 Å². The van der Waals surface area contributed by atoms with Gasteiger partial charge in [-0.2, -0.15) is 13.2 Å². The molecule has 1 heterocycles. The number of nitrogens with zero attached hydrogens (tertiary/aromatic N) is 3. The highest BCUT2D eigenvalue weighted by atomic mass is 19.4. The Labute approximate surface area is 103 Å². The van der Waals surface area contributed by atoms with E-state index in [-0.39, 0.29) is 0 Å². The Balaban J connectivity index is 2.70. The van der Waals surface area contributed by atoms with Crippen LogP contribution < -0.4 is 5.32 Å². The Bertz CT molecular complexity index is 485. The van der Waals surface area contributed by atoms with Gasteiger partial charge in [0.05, 0.1) is 0 Å². The van der Waals surface area contributed by atoms with Crippen molar-refractivity contribution < 1.29 is 27.3 Å². The lowest BCUT2D eigenvalue weighted by Crippen LogP contribution is -2.35. The van der Waals surface area contributed by atoms with E-state index in [0.717, 1.165) is 10.8 Å². The number of hydrogen-bond donors (Lipinski definition) is 1. The number of halogens is 4. The molecule has 1 rings (SSSR count). The minimum atomic E-state index is -4.57. The fourth-order valence-corrected chi connectivity index (χ4v) is 1.18. The molecule has 0 aliphatic rings. The van der Waals surface area contributed by atoms with E-state index in [2.05, 4.69) is 4.98 Å². The summed E-state index contributed by atoms with van der Waals surface area (Å²) >= 11 is 0. The number of imidazole rings is 1. The van der Waals surface area contributed by atoms with Gasteiger partial charge in [0.2, 0.25) is 5.91 Å². The van der Waals surface area contributed by atoms with Gasteiger partial charge in [-0.25, -0.2) is 4.39 Å². The minimum absolute atomic E-state index is 0.408. The number of aromatic nitrogens is 2. The number of alkyl halides is 4. The SMILES string of the molecule is O=C(Cn1cc([N+](=O)[O-])nc1CF)NCC(F)(F)F. The zero-order chi connectivity index (χ0) is 14.6. The summed E-state index contributed by atoms with van der Waals surface area (Å²) < 4.78 is 48.7. The van der Waals surface area contributed by atoms with Crippen molar-refractivity contribution in [3.8, 4) is 0 Å². The van der Waals surface area contributed by atoms with Crippen LogP contribution in [0, 0.1) is 10.1 Å². The largest absolute Gasteiger partial charge is 0.405 e. The third-order valence-electron chi connectivity index (χ3n) is 1.95. The van der Waals surface area contributed by atoms with Gasteiger partial charge < -0.3 is 15.4 Å². The normalized spacial score (nSPS) is 11.4. The molecule has 106 valence electrons. The monoisotopic (exact) mass is 284 g/mol. The Morgan fingerprint density at radius 2 is 2.16 bits per heavy atom. The molecule has 0 radical (unpaired) electrons. The van der Waals surface area contributed by atoms with Gasteiger partial charge in [-0.3, -0.25) is 9.36 Å². The molecule has 1 amide bonds. The van der Waals surface area contributed by atoms with Crippen LogP contribution in [-0.2, 0) is 18.0 Å². The molecule has 0 spiro atoms. The Morgan fingerprint density at radius 1 is 1.53 bits per heavy atom. The first-order valence-electron chi connectivity index (χ1n) is 4.83. The Kier molecular flexibility index (Phi) is 4.40. The van der Waals surface area contributed by atoms with Crippen molar-refractivity contribution in [2.24, 2.45) is 0 Å². The molecule has 11 heteroatoms. The van der Waals surface area contributed by atoms with Gasteiger partial charge in [0, 0.05) is 0 Å². The van der Waals surface area contributed by atoms with Crippen molar-refractivity contribution in [2.75, 3.05) is 6.54 Å². The zero-order valence-electron chi connectivity index (χ0n) is 9.28. The van der Waals surface area contributed by atoms with Crippen molar-refractivity contribution in [1.29, 1.82) is 0 Å². The fourth-order valence-electron chi connectivity index (χ4n) is 1.18. The van der Waals surface area contributed by atoms with Crippen LogP contribution in [-0.4, -0.2) is 33.1 Å². The van der Waals surface area contributed by atoms with Crippen LogP contribution in [0.4, 0.5) is 23.4 Å². The molecule has 0 aromatic carbocycles. The maximum absolute atomic E-state index is 12.5. The van der Waals surface area contributed by atoms with Crippen LogP contribution >= 0.6 is 0 Å². The number of amides is 1. The van der Waals surface area contributed by atoms with E-state index in [9.17, 15) is 32.5 Å². The molecule has 0 atom stereocenters. The molecule has 1 N–H and O–H groups in total. The average molecular weight is 284 g/mol. The van der Waals surface area contributed by atoms with E-state index in [1.165, 1.54) is 0 Å². The molecule has 0 saturated heterocycles. The molecular weight excluding hydrogens is 276 g/mol. The first-order valence-corrected chi connectivity index (χ1v) is 4.83. The molecule has 0 fully saturated rings. The van der Waals surface area contributed by atoms with Crippen LogP contribution in [0.15, 0.2) is 6.20 Å². The summed E-state index contributed by atoms with van der Waals surface area (Å²) in [6, 6.07) is 0. The molecule has 1 aromatic heterocycles. The molecule has 0 unspecified atom stereocenters. The van der Waals surface area contributed by atoms with Crippen molar-refractivity contribution in [3.05, 3.63) is 22.1 Å². The summed E-state index contributed by atoms with van der Waals surface area (Å²) in [7, 11) is 0. The predicted octanol–water partition coefficient (Wildman–Crippen LogP) is 0.939. The summed E-state index contributed by atoms with van der Waals surface area (Å²) in [6.45, 7) is -3.40. The van der Waals surface area contributed by atoms with Gasteiger partial charge in [0.15, 0.2) is 6.67 Å². The van der Waals surface area contributed by atoms with Crippen molar-refractivity contribution in [1.82, 2.24) is 14.9 Å².